The van der Waals surface area contributed by atoms with Crippen LogP contribution >= 0.6 is 0 Å². The highest BCUT2D eigenvalue weighted by molar-refractivity contribution is 4.77. The van der Waals surface area contributed by atoms with Gasteiger partial charge in [-0.15, -0.1) is 0 Å². The third-order valence-electron chi connectivity index (χ3n) is 3.75. The van der Waals surface area contributed by atoms with Gasteiger partial charge in [-0.1, -0.05) is 19.3 Å². The van der Waals surface area contributed by atoms with E-state index < -0.39 is 0 Å². The molecule has 0 amide bonds. The van der Waals surface area contributed by atoms with Gasteiger partial charge >= 0.3 is 0 Å². The first-order chi connectivity index (χ1) is 7.86. The molecule has 1 aromatic rings. The van der Waals surface area contributed by atoms with Crippen LogP contribution in [0.25, 0.3) is 0 Å². The van der Waals surface area contributed by atoms with Crippen LogP contribution in [-0.2, 0) is 6.54 Å². The summed E-state index contributed by atoms with van der Waals surface area (Å²) in [7, 11) is 0. The molecule has 1 atom stereocenters. The summed E-state index contributed by atoms with van der Waals surface area (Å²) in [6, 6.07) is 0.670. The lowest BCUT2D eigenvalue weighted by Gasteiger charge is -2.28. The van der Waals surface area contributed by atoms with E-state index in [0.717, 1.165) is 19.0 Å². The molecule has 90 valence electrons. The van der Waals surface area contributed by atoms with Gasteiger partial charge in [0.15, 0.2) is 0 Å². The lowest BCUT2D eigenvalue weighted by molar-refractivity contribution is 0.280. The van der Waals surface area contributed by atoms with Crippen LogP contribution in [0.2, 0.25) is 0 Å². The van der Waals surface area contributed by atoms with Crippen molar-refractivity contribution >= 4 is 0 Å². The van der Waals surface area contributed by atoms with Crippen LogP contribution in [0.3, 0.4) is 0 Å². The number of nitrogens with zero attached hydrogens (tertiary/aromatic N) is 2. The Kier molecular flexibility index (Phi) is 4.40. The second-order valence-electron chi connectivity index (χ2n) is 4.94. The van der Waals surface area contributed by atoms with E-state index in [1.807, 2.05) is 18.7 Å². The minimum Gasteiger partial charge on any atom is -0.336 e. The van der Waals surface area contributed by atoms with Crippen LogP contribution in [0.5, 0.6) is 0 Å². The molecule has 3 heteroatoms. The first-order valence-electron chi connectivity index (χ1n) is 6.55. The molecule has 1 fully saturated rings. The predicted octanol–water partition coefficient (Wildman–Crippen LogP) is 2.44. The van der Waals surface area contributed by atoms with E-state index in [-0.39, 0.29) is 0 Å². The highest BCUT2D eigenvalue weighted by atomic mass is 15.0. The summed E-state index contributed by atoms with van der Waals surface area (Å²) >= 11 is 0. The summed E-state index contributed by atoms with van der Waals surface area (Å²) in [5, 5.41) is 3.64. The zero-order valence-electron chi connectivity index (χ0n) is 10.2. The predicted molar refractivity (Wildman–Crippen MR) is 66.3 cm³/mol. The van der Waals surface area contributed by atoms with Crippen molar-refractivity contribution in [3.05, 3.63) is 18.7 Å². The molecule has 1 aliphatic carbocycles. The minimum absolute atomic E-state index is 0.670. The topological polar surface area (TPSA) is 29.9 Å². The van der Waals surface area contributed by atoms with Crippen molar-refractivity contribution in [1.82, 2.24) is 14.9 Å². The summed E-state index contributed by atoms with van der Waals surface area (Å²) in [5.41, 5.74) is 0. The Balaban J connectivity index is 1.65. The molecule has 1 heterocycles. The molecule has 0 aromatic carbocycles. The normalized spacial score (nSPS) is 19.8. The van der Waals surface area contributed by atoms with Crippen molar-refractivity contribution < 1.29 is 0 Å². The average molecular weight is 221 g/mol. The fourth-order valence-electron chi connectivity index (χ4n) is 2.64. The molecular weight excluding hydrogens is 198 g/mol. The number of hydrogen-bond acceptors (Lipinski definition) is 2. The summed E-state index contributed by atoms with van der Waals surface area (Å²) in [6.45, 7) is 4.41. The van der Waals surface area contributed by atoms with E-state index in [2.05, 4.69) is 21.8 Å². The Bertz CT molecular complexity index is 275. The Hall–Kier alpha value is -0.830. The molecule has 1 aliphatic rings. The van der Waals surface area contributed by atoms with Crippen LogP contribution in [-0.4, -0.2) is 22.1 Å². The van der Waals surface area contributed by atoms with Crippen molar-refractivity contribution in [2.45, 2.75) is 51.6 Å². The third kappa shape index (κ3) is 3.34. The van der Waals surface area contributed by atoms with Crippen LogP contribution in [0.1, 0.15) is 39.0 Å². The molecule has 3 nitrogen and oxygen atoms in total. The quantitative estimate of drug-likeness (QED) is 0.827. The molecule has 0 radical (unpaired) electrons. The smallest absolute Gasteiger partial charge is 0.0946 e. The first kappa shape index (κ1) is 11.6. The highest BCUT2D eigenvalue weighted by Crippen LogP contribution is 2.26. The SMILES string of the molecule is C[C@@H](NCCn1ccnc1)C1CCCCC1. The first-order valence-corrected chi connectivity index (χ1v) is 6.55. The van der Waals surface area contributed by atoms with Crippen molar-refractivity contribution in [3.8, 4) is 0 Å². The maximum atomic E-state index is 4.04. The molecular formula is C13H23N3. The number of rotatable bonds is 5. The van der Waals surface area contributed by atoms with Gasteiger partial charge in [0.2, 0.25) is 0 Å². The summed E-state index contributed by atoms with van der Waals surface area (Å²) < 4.78 is 2.13. The Morgan fingerprint density at radius 3 is 2.88 bits per heavy atom. The molecule has 0 unspecified atom stereocenters. The maximum absolute atomic E-state index is 4.04. The third-order valence-corrected chi connectivity index (χ3v) is 3.75. The van der Waals surface area contributed by atoms with Gasteiger partial charge < -0.3 is 9.88 Å². The Labute approximate surface area is 98.3 Å². The minimum atomic E-state index is 0.670. The average Bonchev–Trinajstić information content (AvgIpc) is 2.83. The van der Waals surface area contributed by atoms with Crippen molar-refractivity contribution in [1.29, 1.82) is 0 Å². The van der Waals surface area contributed by atoms with E-state index in [1.165, 1.54) is 32.1 Å². The summed E-state index contributed by atoms with van der Waals surface area (Å²) in [5.74, 6) is 0.900. The Morgan fingerprint density at radius 1 is 1.38 bits per heavy atom. The lowest BCUT2D eigenvalue weighted by Crippen LogP contribution is -2.36. The van der Waals surface area contributed by atoms with Gasteiger partial charge in [0.1, 0.15) is 0 Å². The molecule has 0 saturated heterocycles. The van der Waals surface area contributed by atoms with E-state index in [4.69, 9.17) is 0 Å². The van der Waals surface area contributed by atoms with Gasteiger partial charge in [0, 0.05) is 31.5 Å². The van der Waals surface area contributed by atoms with Crippen molar-refractivity contribution in [2.75, 3.05) is 6.54 Å². The van der Waals surface area contributed by atoms with Crippen LogP contribution in [0.15, 0.2) is 18.7 Å². The monoisotopic (exact) mass is 221 g/mol. The standard InChI is InChI=1S/C13H23N3/c1-12(13-5-3-2-4-6-13)15-8-10-16-9-7-14-11-16/h7,9,11-13,15H,2-6,8,10H2,1H3/t12-/m1/s1. The van der Waals surface area contributed by atoms with Gasteiger partial charge in [0.25, 0.3) is 0 Å². The number of aromatic nitrogens is 2. The summed E-state index contributed by atoms with van der Waals surface area (Å²) in [4.78, 5) is 4.04. The zero-order valence-corrected chi connectivity index (χ0v) is 10.2. The van der Waals surface area contributed by atoms with E-state index >= 15 is 0 Å². The van der Waals surface area contributed by atoms with Gasteiger partial charge in [-0.25, -0.2) is 4.98 Å². The lowest BCUT2D eigenvalue weighted by atomic mass is 9.84. The molecule has 1 saturated carbocycles. The van der Waals surface area contributed by atoms with E-state index in [1.54, 1.807) is 0 Å². The van der Waals surface area contributed by atoms with E-state index in [9.17, 15) is 0 Å². The van der Waals surface area contributed by atoms with Gasteiger partial charge in [-0.05, 0) is 25.7 Å². The largest absolute Gasteiger partial charge is 0.336 e. The van der Waals surface area contributed by atoms with Crippen molar-refractivity contribution in [3.63, 3.8) is 0 Å². The molecule has 0 spiro atoms. The van der Waals surface area contributed by atoms with Crippen molar-refractivity contribution in [2.24, 2.45) is 5.92 Å². The number of imidazole rings is 1. The highest BCUT2D eigenvalue weighted by Gasteiger charge is 2.18. The van der Waals surface area contributed by atoms with E-state index in [0.29, 0.717) is 6.04 Å². The maximum Gasteiger partial charge on any atom is 0.0946 e. The molecule has 0 aliphatic heterocycles. The molecule has 1 N–H and O–H groups in total. The zero-order chi connectivity index (χ0) is 11.2. The van der Waals surface area contributed by atoms with Gasteiger partial charge in [-0.2, -0.15) is 0 Å². The molecule has 1 aromatic heterocycles. The van der Waals surface area contributed by atoms with Gasteiger partial charge in [0.05, 0.1) is 6.33 Å². The van der Waals surface area contributed by atoms with Crippen LogP contribution in [0, 0.1) is 5.92 Å². The second kappa shape index (κ2) is 6.04. The summed E-state index contributed by atoms with van der Waals surface area (Å²) in [6.07, 6.45) is 12.9. The molecule has 2 rings (SSSR count). The Morgan fingerprint density at radius 2 is 2.19 bits per heavy atom. The fraction of sp³-hybridized carbons (Fsp3) is 0.769. The second-order valence-corrected chi connectivity index (χ2v) is 4.94. The van der Waals surface area contributed by atoms with Crippen LogP contribution < -0.4 is 5.32 Å². The van der Waals surface area contributed by atoms with Crippen LogP contribution in [0.4, 0.5) is 0 Å². The fourth-order valence-corrected chi connectivity index (χ4v) is 2.64. The molecule has 0 bridgehead atoms. The number of nitrogens with one attached hydrogen (secondary N) is 1. The number of hydrogen-bond donors (Lipinski definition) is 1. The van der Waals surface area contributed by atoms with Gasteiger partial charge in [-0.3, -0.25) is 0 Å². The molecule has 16 heavy (non-hydrogen) atoms.